The molecule has 1 aromatic heterocycles. The molecule has 0 aliphatic heterocycles. The summed E-state index contributed by atoms with van der Waals surface area (Å²) in [6.45, 7) is 5.28. The summed E-state index contributed by atoms with van der Waals surface area (Å²) in [5.41, 5.74) is 0. The highest BCUT2D eigenvalue weighted by molar-refractivity contribution is 9.10. The van der Waals surface area contributed by atoms with Crippen molar-refractivity contribution in [1.29, 1.82) is 0 Å². The van der Waals surface area contributed by atoms with Crippen molar-refractivity contribution in [3.8, 4) is 0 Å². The van der Waals surface area contributed by atoms with Crippen LogP contribution in [0.2, 0.25) is 0 Å². The first kappa shape index (κ1) is 11.6. The van der Waals surface area contributed by atoms with E-state index in [9.17, 15) is 0 Å². The Balaban J connectivity index is 2.53. The van der Waals surface area contributed by atoms with Crippen LogP contribution in [-0.4, -0.2) is 22.6 Å². The summed E-state index contributed by atoms with van der Waals surface area (Å²) in [7, 11) is 0. The molecule has 0 saturated heterocycles. The van der Waals surface area contributed by atoms with Gasteiger partial charge >= 0.3 is 0 Å². The molecule has 78 valence electrons. The Morgan fingerprint density at radius 1 is 1.36 bits per heavy atom. The first-order valence-corrected chi connectivity index (χ1v) is 5.75. The number of hydrogen-bond donors (Lipinski definition) is 1. The number of nitrogens with zero attached hydrogens (tertiary/aromatic N) is 2. The third-order valence-electron chi connectivity index (χ3n) is 2.09. The first-order chi connectivity index (χ1) is 6.76. The molecule has 0 spiro atoms. The molecule has 0 fully saturated rings. The van der Waals surface area contributed by atoms with E-state index in [2.05, 4.69) is 45.1 Å². The predicted molar refractivity (Wildman–Crippen MR) is 61.2 cm³/mol. The first-order valence-electron chi connectivity index (χ1n) is 4.96. The normalized spacial score (nSPS) is 12.8. The van der Waals surface area contributed by atoms with Gasteiger partial charge in [-0.1, -0.05) is 13.8 Å². The second-order valence-electron chi connectivity index (χ2n) is 3.18. The number of hydrogen-bond acceptors (Lipinski definition) is 3. The fourth-order valence-corrected chi connectivity index (χ4v) is 1.52. The summed E-state index contributed by atoms with van der Waals surface area (Å²) in [4.78, 5) is 8.50. The SMILES string of the molecule is CCNC(CC)Cc1ncc(Br)cn1. The molecule has 0 saturated carbocycles. The van der Waals surface area contributed by atoms with Gasteiger partial charge in [-0.05, 0) is 28.9 Å². The monoisotopic (exact) mass is 257 g/mol. The van der Waals surface area contributed by atoms with Crippen LogP contribution in [0.25, 0.3) is 0 Å². The van der Waals surface area contributed by atoms with Gasteiger partial charge in [0, 0.05) is 24.9 Å². The lowest BCUT2D eigenvalue weighted by Gasteiger charge is -2.14. The van der Waals surface area contributed by atoms with Crippen molar-refractivity contribution in [3.63, 3.8) is 0 Å². The molecule has 1 rings (SSSR count). The fraction of sp³-hybridized carbons (Fsp3) is 0.600. The molecule has 3 nitrogen and oxygen atoms in total. The molecule has 0 bridgehead atoms. The highest BCUT2D eigenvalue weighted by Gasteiger charge is 2.07. The zero-order valence-electron chi connectivity index (χ0n) is 8.63. The summed E-state index contributed by atoms with van der Waals surface area (Å²) in [6.07, 6.45) is 5.59. The molecule has 1 unspecified atom stereocenters. The Morgan fingerprint density at radius 2 is 2.00 bits per heavy atom. The average Bonchev–Trinajstić information content (AvgIpc) is 2.20. The van der Waals surface area contributed by atoms with Crippen LogP contribution in [-0.2, 0) is 6.42 Å². The molecule has 1 atom stereocenters. The quantitative estimate of drug-likeness (QED) is 0.879. The smallest absolute Gasteiger partial charge is 0.129 e. The van der Waals surface area contributed by atoms with Gasteiger partial charge in [0.2, 0.25) is 0 Å². The molecule has 0 aliphatic carbocycles. The Hall–Kier alpha value is -0.480. The lowest BCUT2D eigenvalue weighted by atomic mass is 10.1. The van der Waals surface area contributed by atoms with Crippen molar-refractivity contribution in [3.05, 3.63) is 22.7 Å². The zero-order valence-corrected chi connectivity index (χ0v) is 10.2. The van der Waals surface area contributed by atoms with Gasteiger partial charge in [0.15, 0.2) is 0 Å². The van der Waals surface area contributed by atoms with Gasteiger partial charge in [-0.2, -0.15) is 0 Å². The minimum absolute atomic E-state index is 0.487. The summed E-state index contributed by atoms with van der Waals surface area (Å²) < 4.78 is 0.928. The van der Waals surface area contributed by atoms with Crippen LogP contribution in [0, 0.1) is 0 Å². The maximum Gasteiger partial charge on any atom is 0.129 e. The fourth-order valence-electron chi connectivity index (χ4n) is 1.31. The van der Waals surface area contributed by atoms with E-state index in [0.29, 0.717) is 6.04 Å². The highest BCUT2D eigenvalue weighted by atomic mass is 79.9. The molecule has 1 aromatic rings. The second-order valence-corrected chi connectivity index (χ2v) is 4.10. The van der Waals surface area contributed by atoms with E-state index in [1.54, 1.807) is 12.4 Å². The van der Waals surface area contributed by atoms with E-state index in [-0.39, 0.29) is 0 Å². The van der Waals surface area contributed by atoms with Crippen molar-refractivity contribution in [2.45, 2.75) is 32.7 Å². The Labute approximate surface area is 93.5 Å². The van der Waals surface area contributed by atoms with Gasteiger partial charge in [0.05, 0.1) is 4.47 Å². The van der Waals surface area contributed by atoms with Crippen LogP contribution in [0.5, 0.6) is 0 Å². The van der Waals surface area contributed by atoms with Gasteiger partial charge in [-0.15, -0.1) is 0 Å². The Kier molecular flexibility index (Phi) is 5.04. The number of rotatable bonds is 5. The van der Waals surface area contributed by atoms with Crippen molar-refractivity contribution in [2.24, 2.45) is 0 Å². The number of likely N-dealkylation sites (N-methyl/N-ethyl adjacent to an activating group) is 1. The largest absolute Gasteiger partial charge is 0.314 e. The third kappa shape index (κ3) is 3.72. The van der Waals surface area contributed by atoms with Gasteiger partial charge < -0.3 is 5.32 Å². The van der Waals surface area contributed by atoms with Crippen LogP contribution < -0.4 is 5.32 Å². The summed E-state index contributed by atoms with van der Waals surface area (Å²) >= 11 is 3.32. The summed E-state index contributed by atoms with van der Waals surface area (Å²) in [5, 5.41) is 3.40. The molecule has 0 aromatic carbocycles. The van der Waals surface area contributed by atoms with E-state index in [4.69, 9.17) is 0 Å². The molecule has 1 heterocycles. The summed E-state index contributed by atoms with van der Waals surface area (Å²) in [5.74, 6) is 0.904. The van der Waals surface area contributed by atoms with E-state index < -0.39 is 0 Å². The zero-order chi connectivity index (χ0) is 10.4. The van der Waals surface area contributed by atoms with Crippen molar-refractivity contribution in [2.75, 3.05) is 6.54 Å². The van der Waals surface area contributed by atoms with Crippen LogP contribution in [0.1, 0.15) is 26.1 Å². The lowest BCUT2D eigenvalue weighted by molar-refractivity contribution is 0.499. The Bertz CT molecular complexity index is 261. The van der Waals surface area contributed by atoms with Gasteiger partial charge in [0.1, 0.15) is 5.82 Å². The lowest BCUT2D eigenvalue weighted by Crippen LogP contribution is -2.30. The van der Waals surface area contributed by atoms with Crippen LogP contribution in [0.3, 0.4) is 0 Å². The molecule has 14 heavy (non-hydrogen) atoms. The van der Waals surface area contributed by atoms with Crippen molar-refractivity contribution in [1.82, 2.24) is 15.3 Å². The molecular formula is C10H16BrN3. The van der Waals surface area contributed by atoms with E-state index >= 15 is 0 Å². The van der Waals surface area contributed by atoms with Crippen molar-refractivity contribution < 1.29 is 0 Å². The second kappa shape index (κ2) is 6.09. The number of nitrogens with one attached hydrogen (secondary N) is 1. The molecule has 0 aliphatic rings. The molecule has 0 radical (unpaired) electrons. The highest BCUT2D eigenvalue weighted by Crippen LogP contribution is 2.06. The molecule has 4 heteroatoms. The van der Waals surface area contributed by atoms with Crippen molar-refractivity contribution >= 4 is 15.9 Å². The van der Waals surface area contributed by atoms with Crippen LogP contribution in [0.15, 0.2) is 16.9 Å². The van der Waals surface area contributed by atoms with E-state index in [1.165, 1.54) is 0 Å². The molecule has 1 N–H and O–H groups in total. The topological polar surface area (TPSA) is 37.8 Å². The minimum Gasteiger partial charge on any atom is -0.314 e. The summed E-state index contributed by atoms with van der Waals surface area (Å²) in [6, 6.07) is 0.487. The van der Waals surface area contributed by atoms with Gasteiger partial charge in [-0.3, -0.25) is 0 Å². The number of halogens is 1. The van der Waals surface area contributed by atoms with Gasteiger partial charge in [0.25, 0.3) is 0 Å². The Morgan fingerprint density at radius 3 is 2.50 bits per heavy atom. The predicted octanol–water partition coefficient (Wildman–Crippen LogP) is 2.17. The minimum atomic E-state index is 0.487. The van der Waals surface area contributed by atoms with Gasteiger partial charge in [-0.25, -0.2) is 9.97 Å². The molecule has 0 amide bonds. The van der Waals surface area contributed by atoms with E-state index in [0.717, 1.165) is 29.7 Å². The maximum atomic E-state index is 4.25. The average molecular weight is 258 g/mol. The van der Waals surface area contributed by atoms with E-state index in [1.807, 2.05) is 0 Å². The van der Waals surface area contributed by atoms with Crippen LogP contribution in [0.4, 0.5) is 0 Å². The van der Waals surface area contributed by atoms with Crippen LogP contribution >= 0.6 is 15.9 Å². The maximum absolute atomic E-state index is 4.25. The standard InChI is InChI=1S/C10H16BrN3/c1-3-9(12-4-2)5-10-13-6-8(11)7-14-10/h6-7,9,12H,3-5H2,1-2H3. The molecular weight excluding hydrogens is 242 g/mol. The number of aromatic nitrogens is 2. The third-order valence-corrected chi connectivity index (χ3v) is 2.50.